The molecular formula is C15H23N. The third-order valence-electron chi connectivity index (χ3n) is 3.30. The molecule has 0 saturated heterocycles. The Bertz CT molecular complexity index is 323. The Morgan fingerprint density at radius 2 is 1.88 bits per heavy atom. The summed E-state index contributed by atoms with van der Waals surface area (Å²) in [6.07, 6.45) is 2.57. The highest BCUT2D eigenvalue weighted by molar-refractivity contribution is 5.27. The summed E-state index contributed by atoms with van der Waals surface area (Å²) >= 11 is 0. The average Bonchev–Trinajstić information content (AvgIpc) is 2.97. The quantitative estimate of drug-likeness (QED) is 0.813. The van der Waals surface area contributed by atoms with E-state index in [1.807, 2.05) is 0 Å². The van der Waals surface area contributed by atoms with Crippen LogP contribution >= 0.6 is 0 Å². The van der Waals surface area contributed by atoms with E-state index in [0.29, 0.717) is 5.41 Å². The van der Waals surface area contributed by atoms with E-state index < -0.39 is 0 Å². The fourth-order valence-corrected chi connectivity index (χ4v) is 2.12. The lowest BCUT2D eigenvalue weighted by atomic mass is 9.92. The van der Waals surface area contributed by atoms with Crippen molar-refractivity contribution >= 4 is 0 Å². The van der Waals surface area contributed by atoms with E-state index in [1.165, 1.54) is 18.4 Å². The van der Waals surface area contributed by atoms with Gasteiger partial charge in [0, 0.05) is 12.0 Å². The molecule has 0 aliphatic heterocycles. The second kappa shape index (κ2) is 4.58. The van der Waals surface area contributed by atoms with Crippen LogP contribution in [-0.2, 0) is 0 Å². The van der Waals surface area contributed by atoms with Crippen LogP contribution in [-0.4, -0.2) is 12.6 Å². The molecule has 0 spiro atoms. The zero-order valence-corrected chi connectivity index (χ0v) is 10.7. The molecule has 2 rings (SSSR count). The van der Waals surface area contributed by atoms with E-state index in [2.05, 4.69) is 56.4 Å². The van der Waals surface area contributed by atoms with E-state index in [4.69, 9.17) is 0 Å². The zero-order valence-electron chi connectivity index (χ0n) is 10.7. The van der Waals surface area contributed by atoms with Gasteiger partial charge in [0.15, 0.2) is 0 Å². The monoisotopic (exact) mass is 217 g/mol. The largest absolute Gasteiger partial charge is 0.313 e. The van der Waals surface area contributed by atoms with Crippen LogP contribution in [0.5, 0.6) is 0 Å². The van der Waals surface area contributed by atoms with Crippen molar-refractivity contribution in [3.05, 3.63) is 35.9 Å². The van der Waals surface area contributed by atoms with Crippen LogP contribution in [0, 0.1) is 5.41 Å². The summed E-state index contributed by atoms with van der Waals surface area (Å²) in [4.78, 5) is 0. The first-order valence-corrected chi connectivity index (χ1v) is 6.34. The molecule has 1 fully saturated rings. The maximum atomic E-state index is 3.66. The van der Waals surface area contributed by atoms with Gasteiger partial charge in [-0.05, 0) is 30.4 Å². The van der Waals surface area contributed by atoms with Crippen molar-refractivity contribution in [2.75, 3.05) is 6.54 Å². The first kappa shape index (κ1) is 11.7. The maximum Gasteiger partial charge on any atom is 0.0143 e. The lowest BCUT2D eigenvalue weighted by molar-refractivity contribution is 0.366. The Hall–Kier alpha value is -0.820. The van der Waals surface area contributed by atoms with Gasteiger partial charge >= 0.3 is 0 Å². The molecule has 0 radical (unpaired) electrons. The van der Waals surface area contributed by atoms with Crippen LogP contribution in [0.1, 0.15) is 45.1 Å². The normalized spacial score (nSPS) is 24.4. The van der Waals surface area contributed by atoms with Gasteiger partial charge in [0.1, 0.15) is 0 Å². The van der Waals surface area contributed by atoms with Crippen molar-refractivity contribution in [1.29, 1.82) is 0 Å². The summed E-state index contributed by atoms with van der Waals surface area (Å²) in [6.45, 7) is 8.06. The zero-order chi connectivity index (χ0) is 11.6. The summed E-state index contributed by atoms with van der Waals surface area (Å²) < 4.78 is 0. The van der Waals surface area contributed by atoms with Gasteiger partial charge in [-0.2, -0.15) is 0 Å². The molecular weight excluding hydrogens is 194 g/mol. The predicted octanol–water partition coefficient (Wildman–Crippen LogP) is 3.57. The highest BCUT2D eigenvalue weighted by Crippen LogP contribution is 2.40. The van der Waals surface area contributed by atoms with Crippen LogP contribution in [0.15, 0.2) is 30.3 Å². The molecule has 1 aromatic carbocycles. The second-order valence-electron chi connectivity index (χ2n) is 6.12. The minimum atomic E-state index is 0.449. The van der Waals surface area contributed by atoms with Gasteiger partial charge < -0.3 is 5.32 Å². The topological polar surface area (TPSA) is 12.0 Å². The van der Waals surface area contributed by atoms with E-state index >= 15 is 0 Å². The lowest BCUT2D eigenvalue weighted by Crippen LogP contribution is -2.23. The molecule has 1 aliphatic carbocycles. The van der Waals surface area contributed by atoms with Gasteiger partial charge in [0.05, 0.1) is 0 Å². The molecule has 0 amide bonds. The van der Waals surface area contributed by atoms with Crippen LogP contribution in [0.25, 0.3) is 0 Å². The lowest BCUT2D eigenvalue weighted by Gasteiger charge is -2.18. The number of hydrogen-bond acceptors (Lipinski definition) is 1. The van der Waals surface area contributed by atoms with Crippen molar-refractivity contribution in [1.82, 2.24) is 5.32 Å². The third-order valence-corrected chi connectivity index (χ3v) is 3.30. The highest BCUT2D eigenvalue weighted by Gasteiger charge is 2.37. The van der Waals surface area contributed by atoms with Crippen LogP contribution < -0.4 is 5.32 Å². The standard InChI is InChI=1S/C15H23N/c1-15(2,3)9-10-16-14-11-13(14)12-7-5-4-6-8-12/h4-8,13-14,16H,9-11H2,1-3H3/t13-,14+/m1/s1. The molecule has 0 heterocycles. The molecule has 16 heavy (non-hydrogen) atoms. The van der Waals surface area contributed by atoms with Crippen molar-refractivity contribution in [2.45, 2.75) is 45.6 Å². The molecule has 0 bridgehead atoms. The molecule has 1 nitrogen and oxygen atoms in total. The number of benzene rings is 1. The van der Waals surface area contributed by atoms with Crippen molar-refractivity contribution in [2.24, 2.45) is 5.41 Å². The van der Waals surface area contributed by atoms with Crippen LogP contribution in [0.4, 0.5) is 0 Å². The summed E-state index contributed by atoms with van der Waals surface area (Å²) in [5.74, 6) is 0.765. The molecule has 0 unspecified atom stereocenters. The van der Waals surface area contributed by atoms with Crippen LogP contribution in [0.3, 0.4) is 0 Å². The molecule has 0 aromatic heterocycles. The Labute approximate surface area is 99.3 Å². The second-order valence-corrected chi connectivity index (χ2v) is 6.12. The number of nitrogens with one attached hydrogen (secondary N) is 1. The third kappa shape index (κ3) is 3.34. The van der Waals surface area contributed by atoms with Gasteiger partial charge in [0.2, 0.25) is 0 Å². The summed E-state index contributed by atoms with van der Waals surface area (Å²) in [5, 5.41) is 3.66. The van der Waals surface area contributed by atoms with Crippen LogP contribution in [0.2, 0.25) is 0 Å². The first-order valence-electron chi connectivity index (χ1n) is 6.34. The van der Waals surface area contributed by atoms with Crippen molar-refractivity contribution < 1.29 is 0 Å². The van der Waals surface area contributed by atoms with Crippen molar-refractivity contribution in [3.63, 3.8) is 0 Å². The van der Waals surface area contributed by atoms with Gasteiger partial charge in [-0.1, -0.05) is 51.1 Å². The fourth-order valence-electron chi connectivity index (χ4n) is 2.12. The maximum absolute atomic E-state index is 3.66. The molecule has 1 aromatic rings. The average molecular weight is 217 g/mol. The number of rotatable bonds is 4. The van der Waals surface area contributed by atoms with E-state index in [1.54, 1.807) is 0 Å². The molecule has 1 aliphatic rings. The van der Waals surface area contributed by atoms with Crippen molar-refractivity contribution in [3.8, 4) is 0 Å². The highest BCUT2D eigenvalue weighted by atomic mass is 15.0. The molecule has 88 valence electrons. The van der Waals surface area contributed by atoms with E-state index in [9.17, 15) is 0 Å². The Morgan fingerprint density at radius 1 is 1.19 bits per heavy atom. The van der Waals surface area contributed by atoms with Gasteiger partial charge in [0.25, 0.3) is 0 Å². The summed E-state index contributed by atoms with van der Waals surface area (Å²) in [6, 6.07) is 11.6. The van der Waals surface area contributed by atoms with E-state index in [0.717, 1.165) is 18.5 Å². The summed E-state index contributed by atoms with van der Waals surface area (Å²) in [7, 11) is 0. The van der Waals surface area contributed by atoms with Gasteiger partial charge in [-0.15, -0.1) is 0 Å². The Balaban J connectivity index is 1.72. The van der Waals surface area contributed by atoms with Gasteiger partial charge in [-0.25, -0.2) is 0 Å². The Morgan fingerprint density at radius 3 is 2.50 bits per heavy atom. The summed E-state index contributed by atoms with van der Waals surface area (Å²) in [5.41, 5.74) is 1.94. The molecule has 2 atom stereocenters. The molecule has 1 N–H and O–H groups in total. The SMILES string of the molecule is CC(C)(C)CCN[C@H]1C[C@@H]1c1ccccc1. The fraction of sp³-hybridized carbons (Fsp3) is 0.600. The Kier molecular flexibility index (Phi) is 3.34. The smallest absolute Gasteiger partial charge is 0.0143 e. The predicted molar refractivity (Wildman–Crippen MR) is 69.7 cm³/mol. The first-order chi connectivity index (χ1) is 7.56. The molecule has 1 heteroatoms. The molecule has 1 saturated carbocycles. The number of hydrogen-bond donors (Lipinski definition) is 1. The minimum Gasteiger partial charge on any atom is -0.313 e. The van der Waals surface area contributed by atoms with E-state index in [-0.39, 0.29) is 0 Å². The van der Waals surface area contributed by atoms with Gasteiger partial charge in [-0.3, -0.25) is 0 Å². The minimum absolute atomic E-state index is 0.449.